The van der Waals surface area contributed by atoms with Crippen LogP contribution in [0.5, 0.6) is 0 Å². The average molecular weight is 303 g/mol. The first-order valence-corrected chi connectivity index (χ1v) is 8.04. The highest BCUT2D eigenvalue weighted by Gasteiger charge is 2.49. The van der Waals surface area contributed by atoms with Crippen molar-refractivity contribution < 1.29 is 9.53 Å². The van der Waals surface area contributed by atoms with Gasteiger partial charge < -0.3 is 10.1 Å². The molecule has 3 rings (SSSR count). The van der Waals surface area contributed by atoms with Gasteiger partial charge in [0.1, 0.15) is 0 Å². The van der Waals surface area contributed by atoms with Crippen LogP contribution in [0.15, 0.2) is 18.2 Å². The van der Waals surface area contributed by atoms with Crippen molar-refractivity contribution in [3.05, 3.63) is 29.6 Å². The SMILES string of the molecule is COC[C@@H]1C(=O)NCC12CCN(Cc1cccc(C)n1)CC2. The summed E-state index contributed by atoms with van der Waals surface area (Å²) < 4.78 is 5.27. The lowest BCUT2D eigenvalue weighted by molar-refractivity contribution is -0.126. The Bertz CT molecular complexity index is 538. The fourth-order valence-corrected chi connectivity index (χ4v) is 3.81. The van der Waals surface area contributed by atoms with Gasteiger partial charge in [-0.15, -0.1) is 0 Å². The van der Waals surface area contributed by atoms with E-state index in [0.717, 1.165) is 50.4 Å². The van der Waals surface area contributed by atoms with Crippen molar-refractivity contribution in [2.24, 2.45) is 11.3 Å². The zero-order valence-electron chi connectivity index (χ0n) is 13.5. The van der Waals surface area contributed by atoms with Gasteiger partial charge in [0.05, 0.1) is 18.2 Å². The predicted octanol–water partition coefficient (Wildman–Crippen LogP) is 1.36. The van der Waals surface area contributed by atoms with Gasteiger partial charge in [-0.05, 0) is 45.0 Å². The summed E-state index contributed by atoms with van der Waals surface area (Å²) in [6, 6.07) is 6.18. The number of ether oxygens (including phenoxy) is 1. The molecule has 0 aliphatic carbocycles. The molecule has 0 saturated carbocycles. The quantitative estimate of drug-likeness (QED) is 0.912. The Morgan fingerprint density at radius 3 is 2.86 bits per heavy atom. The maximum atomic E-state index is 12.0. The first kappa shape index (κ1) is 15.4. The lowest BCUT2D eigenvalue weighted by atomic mass is 9.71. The average Bonchev–Trinajstić information content (AvgIpc) is 2.80. The molecule has 1 aromatic rings. The number of nitrogens with zero attached hydrogens (tertiary/aromatic N) is 2. The lowest BCUT2D eigenvalue weighted by Crippen LogP contribution is -2.45. The summed E-state index contributed by atoms with van der Waals surface area (Å²) >= 11 is 0. The molecule has 120 valence electrons. The number of hydrogen-bond donors (Lipinski definition) is 1. The van der Waals surface area contributed by atoms with E-state index in [2.05, 4.69) is 27.3 Å². The number of piperidine rings is 1. The molecule has 1 spiro atoms. The molecule has 0 aromatic carbocycles. The van der Waals surface area contributed by atoms with Crippen LogP contribution in [0.1, 0.15) is 24.2 Å². The summed E-state index contributed by atoms with van der Waals surface area (Å²) in [5.41, 5.74) is 2.28. The highest BCUT2D eigenvalue weighted by atomic mass is 16.5. The van der Waals surface area contributed by atoms with Crippen LogP contribution < -0.4 is 5.32 Å². The van der Waals surface area contributed by atoms with E-state index in [1.807, 2.05) is 13.0 Å². The number of aryl methyl sites for hydroxylation is 1. The van der Waals surface area contributed by atoms with Gasteiger partial charge in [0.15, 0.2) is 0 Å². The van der Waals surface area contributed by atoms with Crippen LogP contribution in [-0.2, 0) is 16.1 Å². The Balaban J connectivity index is 1.61. The number of carbonyl (C=O) groups is 1. The van der Waals surface area contributed by atoms with Crippen LogP contribution >= 0.6 is 0 Å². The molecule has 0 radical (unpaired) electrons. The van der Waals surface area contributed by atoms with E-state index >= 15 is 0 Å². The Morgan fingerprint density at radius 2 is 2.18 bits per heavy atom. The van der Waals surface area contributed by atoms with Crippen LogP contribution in [0, 0.1) is 18.3 Å². The van der Waals surface area contributed by atoms with Gasteiger partial charge in [-0.2, -0.15) is 0 Å². The minimum absolute atomic E-state index is 0.0109. The molecule has 2 aliphatic heterocycles. The second kappa shape index (κ2) is 6.34. The molecule has 5 nitrogen and oxygen atoms in total. The van der Waals surface area contributed by atoms with E-state index in [-0.39, 0.29) is 17.2 Å². The first-order valence-electron chi connectivity index (χ1n) is 8.04. The normalized spacial score (nSPS) is 24.6. The third-order valence-corrected chi connectivity index (χ3v) is 5.19. The fourth-order valence-electron chi connectivity index (χ4n) is 3.81. The summed E-state index contributed by atoms with van der Waals surface area (Å²) in [6.07, 6.45) is 2.09. The summed E-state index contributed by atoms with van der Waals surface area (Å²) in [4.78, 5) is 19.1. The number of nitrogens with one attached hydrogen (secondary N) is 1. The van der Waals surface area contributed by atoms with Crippen molar-refractivity contribution in [3.63, 3.8) is 0 Å². The van der Waals surface area contributed by atoms with Crippen molar-refractivity contribution in [1.29, 1.82) is 0 Å². The number of likely N-dealkylation sites (tertiary alicyclic amines) is 1. The molecule has 2 saturated heterocycles. The van der Waals surface area contributed by atoms with Crippen LogP contribution in [0.4, 0.5) is 0 Å². The highest BCUT2D eigenvalue weighted by Crippen LogP contribution is 2.42. The number of carbonyl (C=O) groups excluding carboxylic acids is 1. The smallest absolute Gasteiger partial charge is 0.226 e. The van der Waals surface area contributed by atoms with Gasteiger partial charge in [-0.1, -0.05) is 6.07 Å². The molecule has 22 heavy (non-hydrogen) atoms. The Labute approximate surface area is 132 Å². The van der Waals surface area contributed by atoms with Crippen molar-refractivity contribution in [3.8, 4) is 0 Å². The molecule has 1 aromatic heterocycles. The maximum absolute atomic E-state index is 12.0. The van der Waals surface area contributed by atoms with Crippen molar-refractivity contribution >= 4 is 5.91 Å². The minimum Gasteiger partial charge on any atom is -0.384 e. The Kier molecular flexibility index (Phi) is 4.45. The Morgan fingerprint density at radius 1 is 1.41 bits per heavy atom. The number of hydrogen-bond acceptors (Lipinski definition) is 4. The van der Waals surface area contributed by atoms with E-state index in [1.54, 1.807) is 7.11 Å². The van der Waals surface area contributed by atoms with Crippen LogP contribution in [0.25, 0.3) is 0 Å². The molecular weight excluding hydrogens is 278 g/mol. The van der Waals surface area contributed by atoms with E-state index in [4.69, 9.17) is 4.74 Å². The molecule has 1 N–H and O–H groups in total. The summed E-state index contributed by atoms with van der Waals surface area (Å²) in [6.45, 7) is 6.30. The van der Waals surface area contributed by atoms with Gasteiger partial charge in [0.25, 0.3) is 0 Å². The molecule has 5 heteroatoms. The van der Waals surface area contributed by atoms with Gasteiger partial charge in [-0.3, -0.25) is 14.7 Å². The fraction of sp³-hybridized carbons (Fsp3) is 0.647. The monoisotopic (exact) mass is 303 g/mol. The molecule has 0 bridgehead atoms. The zero-order valence-corrected chi connectivity index (χ0v) is 13.5. The van der Waals surface area contributed by atoms with E-state index in [9.17, 15) is 4.79 Å². The second-order valence-corrected chi connectivity index (χ2v) is 6.63. The number of aromatic nitrogens is 1. The molecular formula is C17H25N3O2. The lowest BCUT2D eigenvalue weighted by Gasteiger charge is -2.41. The maximum Gasteiger partial charge on any atom is 0.226 e. The third-order valence-electron chi connectivity index (χ3n) is 5.19. The van der Waals surface area contributed by atoms with Crippen molar-refractivity contribution in [1.82, 2.24) is 15.2 Å². The topological polar surface area (TPSA) is 54.5 Å². The van der Waals surface area contributed by atoms with Gasteiger partial charge in [0.2, 0.25) is 5.91 Å². The minimum atomic E-state index is 0.0109. The van der Waals surface area contributed by atoms with Crippen LogP contribution in [0.3, 0.4) is 0 Å². The van der Waals surface area contributed by atoms with Gasteiger partial charge >= 0.3 is 0 Å². The molecule has 0 unspecified atom stereocenters. The summed E-state index contributed by atoms with van der Waals surface area (Å²) in [7, 11) is 1.68. The third kappa shape index (κ3) is 3.01. The van der Waals surface area contributed by atoms with Gasteiger partial charge in [0, 0.05) is 31.3 Å². The molecule has 3 heterocycles. The molecule has 2 fully saturated rings. The van der Waals surface area contributed by atoms with Crippen LogP contribution in [0.2, 0.25) is 0 Å². The van der Waals surface area contributed by atoms with Gasteiger partial charge in [-0.25, -0.2) is 0 Å². The standard InChI is InChI=1S/C17H25N3O2/c1-13-4-3-5-14(19-13)10-20-8-6-17(7-9-20)12-18-16(21)15(17)11-22-2/h3-5,15H,6-12H2,1-2H3,(H,18,21)/t15-/m1/s1. The molecule has 1 amide bonds. The number of rotatable bonds is 4. The zero-order chi connectivity index (χ0) is 15.6. The second-order valence-electron chi connectivity index (χ2n) is 6.63. The van der Waals surface area contributed by atoms with Crippen LogP contribution in [-0.4, -0.2) is 49.1 Å². The van der Waals surface area contributed by atoms with E-state index in [1.165, 1.54) is 0 Å². The highest BCUT2D eigenvalue weighted by molar-refractivity contribution is 5.82. The van der Waals surface area contributed by atoms with Crippen molar-refractivity contribution in [2.45, 2.75) is 26.3 Å². The number of amides is 1. The largest absolute Gasteiger partial charge is 0.384 e. The van der Waals surface area contributed by atoms with Crippen molar-refractivity contribution in [2.75, 3.05) is 33.4 Å². The Hall–Kier alpha value is -1.46. The first-order chi connectivity index (χ1) is 10.6. The molecule has 2 aliphatic rings. The summed E-state index contributed by atoms with van der Waals surface area (Å²) in [5, 5.41) is 3.04. The number of methoxy groups -OCH3 is 1. The number of pyridine rings is 1. The predicted molar refractivity (Wildman–Crippen MR) is 84.3 cm³/mol. The molecule has 1 atom stereocenters. The van der Waals surface area contributed by atoms with E-state index < -0.39 is 0 Å². The summed E-state index contributed by atoms with van der Waals surface area (Å²) in [5.74, 6) is 0.174. The van der Waals surface area contributed by atoms with E-state index in [0.29, 0.717) is 6.61 Å².